The fraction of sp³-hybridized carbons (Fsp3) is 0.308. The predicted octanol–water partition coefficient (Wildman–Crippen LogP) is 5.44. The zero-order valence-corrected chi connectivity index (χ0v) is 19.5. The molecule has 1 amide bonds. The third-order valence-electron chi connectivity index (χ3n) is 5.56. The summed E-state index contributed by atoms with van der Waals surface area (Å²) in [6.07, 6.45) is -3.75. The highest BCUT2D eigenvalue weighted by molar-refractivity contribution is 6.07. The van der Waals surface area contributed by atoms with Gasteiger partial charge in [0.25, 0.3) is 5.91 Å². The fourth-order valence-corrected chi connectivity index (χ4v) is 3.85. The number of aryl methyl sites for hydroxylation is 1. The highest BCUT2D eigenvalue weighted by Crippen LogP contribution is 2.36. The van der Waals surface area contributed by atoms with Crippen molar-refractivity contribution in [3.8, 4) is 11.1 Å². The van der Waals surface area contributed by atoms with Crippen LogP contribution in [0.4, 0.5) is 18.9 Å². The SMILES string of the molecule is Cc1nc(CC(C)C)c(CN)c(-c2ccc(CN)cc2)c1NC(=O)c1ccc(C(F)(F)F)cc1. The number of halogens is 3. The molecule has 0 fully saturated rings. The molecule has 0 spiro atoms. The maximum absolute atomic E-state index is 13.0. The molecule has 0 atom stereocenters. The molecule has 0 saturated heterocycles. The lowest BCUT2D eigenvalue weighted by Crippen LogP contribution is -2.18. The van der Waals surface area contributed by atoms with Gasteiger partial charge in [-0.3, -0.25) is 9.78 Å². The lowest BCUT2D eigenvalue weighted by molar-refractivity contribution is -0.137. The minimum Gasteiger partial charge on any atom is -0.326 e. The fourth-order valence-electron chi connectivity index (χ4n) is 3.85. The van der Waals surface area contributed by atoms with E-state index in [0.29, 0.717) is 30.3 Å². The summed E-state index contributed by atoms with van der Waals surface area (Å²) in [4.78, 5) is 17.7. The smallest absolute Gasteiger partial charge is 0.326 e. The van der Waals surface area contributed by atoms with Crippen LogP contribution < -0.4 is 16.8 Å². The molecule has 0 radical (unpaired) electrons. The molecular formula is C26H29F3N4O. The van der Waals surface area contributed by atoms with Crippen molar-refractivity contribution >= 4 is 11.6 Å². The van der Waals surface area contributed by atoms with E-state index in [1.165, 1.54) is 0 Å². The van der Waals surface area contributed by atoms with Crippen molar-refractivity contribution in [2.24, 2.45) is 17.4 Å². The number of nitrogens with zero attached hydrogens (tertiary/aromatic N) is 1. The first kappa shape index (κ1) is 25.4. The normalized spacial score (nSPS) is 11.7. The number of aromatic nitrogens is 1. The number of nitrogens with two attached hydrogens (primary N) is 2. The Labute approximate surface area is 197 Å². The Morgan fingerprint density at radius 3 is 2.12 bits per heavy atom. The van der Waals surface area contributed by atoms with E-state index in [1.54, 1.807) is 6.92 Å². The van der Waals surface area contributed by atoms with Crippen LogP contribution in [-0.2, 0) is 25.7 Å². The minimum absolute atomic E-state index is 0.109. The van der Waals surface area contributed by atoms with Crippen molar-refractivity contribution in [2.45, 2.75) is 46.5 Å². The van der Waals surface area contributed by atoms with Crippen molar-refractivity contribution in [3.63, 3.8) is 0 Å². The third-order valence-corrected chi connectivity index (χ3v) is 5.56. The van der Waals surface area contributed by atoms with Gasteiger partial charge < -0.3 is 16.8 Å². The second-order valence-electron chi connectivity index (χ2n) is 8.60. The Morgan fingerprint density at radius 2 is 1.62 bits per heavy atom. The number of benzene rings is 2. The first-order chi connectivity index (χ1) is 16.0. The zero-order valence-electron chi connectivity index (χ0n) is 19.5. The standard InChI is InChI=1S/C26H29F3N4O/c1-15(2)12-22-21(14-31)23(18-6-4-17(13-30)5-7-18)24(16(3)32-22)33-25(34)19-8-10-20(11-9-19)26(27,28)29/h4-11,15H,12-14,30-31H2,1-3H3,(H,33,34). The second kappa shape index (κ2) is 10.4. The number of carbonyl (C=O) groups is 1. The van der Waals surface area contributed by atoms with E-state index in [0.717, 1.165) is 52.2 Å². The maximum atomic E-state index is 13.0. The quantitative estimate of drug-likeness (QED) is 0.428. The molecule has 5 N–H and O–H groups in total. The maximum Gasteiger partial charge on any atom is 0.416 e. The number of pyridine rings is 1. The highest BCUT2D eigenvalue weighted by atomic mass is 19.4. The molecule has 2 aromatic carbocycles. The van der Waals surface area contributed by atoms with Crippen LogP contribution in [0.3, 0.4) is 0 Å². The van der Waals surface area contributed by atoms with Crippen molar-refractivity contribution in [1.82, 2.24) is 4.98 Å². The van der Waals surface area contributed by atoms with Gasteiger partial charge in [-0.1, -0.05) is 38.1 Å². The molecule has 8 heteroatoms. The number of amides is 1. The summed E-state index contributed by atoms with van der Waals surface area (Å²) >= 11 is 0. The van der Waals surface area contributed by atoms with Gasteiger partial charge in [0.15, 0.2) is 0 Å². The Morgan fingerprint density at radius 1 is 1.00 bits per heavy atom. The van der Waals surface area contributed by atoms with Gasteiger partial charge in [-0.25, -0.2) is 0 Å². The molecule has 34 heavy (non-hydrogen) atoms. The van der Waals surface area contributed by atoms with Crippen molar-refractivity contribution in [2.75, 3.05) is 5.32 Å². The molecule has 3 rings (SSSR count). The number of rotatable bonds is 7. The average molecular weight is 471 g/mol. The topological polar surface area (TPSA) is 94.0 Å². The van der Waals surface area contributed by atoms with Gasteiger partial charge in [0.2, 0.25) is 0 Å². The lowest BCUT2D eigenvalue weighted by atomic mass is 9.92. The van der Waals surface area contributed by atoms with E-state index in [1.807, 2.05) is 24.3 Å². The average Bonchev–Trinajstić information content (AvgIpc) is 2.79. The van der Waals surface area contributed by atoms with E-state index >= 15 is 0 Å². The molecule has 0 bridgehead atoms. The lowest BCUT2D eigenvalue weighted by Gasteiger charge is -2.21. The summed E-state index contributed by atoms with van der Waals surface area (Å²) in [5, 5.41) is 2.87. The Bertz CT molecular complexity index is 1150. The molecule has 0 aliphatic rings. The molecule has 180 valence electrons. The molecule has 0 aliphatic carbocycles. The van der Waals surface area contributed by atoms with Gasteiger partial charge in [0.1, 0.15) is 0 Å². The van der Waals surface area contributed by atoms with Crippen LogP contribution in [0.2, 0.25) is 0 Å². The summed E-state index contributed by atoms with van der Waals surface area (Å²) in [6, 6.07) is 11.8. The summed E-state index contributed by atoms with van der Waals surface area (Å²) in [7, 11) is 0. The van der Waals surface area contributed by atoms with Crippen molar-refractivity contribution in [3.05, 3.63) is 82.2 Å². The number of alkyl halides is 3. The van der Waals surface area contributed by atoms with E-state index < -0.39 is 17.6 Å². The van der Waals surface area contributed by atoms with Gasteiger partial charge in [-0.15, -0.1) is 0 Å². The molecule has 5 nitrogen and oxygen atoms in total. The summed E-state index contributed by atoms with van der Waals surface area (Å²) < 4.78 is 38.7. The van der Waals surface area contributed by atoms with E-state index in [9.17, 15) is 18.0 Å². The number of nitrogens with one attached hydrogen (secondary N) is 1. The summed E-state index contributed by atoms with van der Waals surface area (Å²) in [6.45, 7) is 6.59. The summed E-state index contributed by atoms with van der Waals surface area (Å²) in [5.74, 6) is -0.185. The number of hydrogen-bond donors (Lipinski definition) is 3. The van der Waals surface area contributed by atoms with Gasteiger partial charge in [0, 0.05) is 29.9 Å². The van der Waals surface area contributed by atoms with Crippen LogP contribution in [0.5, 0.6) is 0 Å². The minimum atomic E-state index is -4.47. The Hall–Kier alpha value is -3.23. The van der Waals surface area contributed by atoms with Crippen LogP contribution in [-0.4, -0.2) is 10.9 Å². The van der Waals surface area contributed by atoms with Gasteiger partial charge in [-0.05, 0) is 60.2 Å². The Kier molecular flexibility index (Phi) is 7.74. The van der Waals surface area contributed by atoms with Crippen LogP contribution in [0.25, 0.3) is 11.1 Å². The predicted molar refractivity (Wildman–Crippen MR) is 128 cm³/mol. The van der Waals surface area contributed by atoms with E-state index in [2.05, 4.69) is 19.2 Å². The number of anilines is 1. The van der Waals surface area contributed by atoms with E-state index in [4.69, 9.17) is 16.5 Å². The van der Waals surface area contributed by atoms with Crippen molar-refractivity contribution < 1.29 is 18.0 Å². The molecule has 3 aromatic rings. The molecular weight excluding hydrogens is 441 g/mol. The monoisotopic (exact) mass is 470 g/mol. The van der Waals surface area contributed by atoms with Crippen LogP contribution in [0, 0.1) is 12.8 Å². The first-order valence-corrected chi connectivity index (χ1v) is 11.1. The van der Waals surface area contributed by atoms with E-state index in [-0.39, 0.29) is 12.1 Å². The summed E-state index contributed by atoms with van der Waals surface area (Å²) in [5.41, 5.74) is 16.5. The Balaban J connectivity index is 2.10. The van der Waals surface area contributed by atoms with Crippen molar-refractivity contribution in [1.29, 1.82) is 0 Å². The molecule has 0 unspecified atom stereocenters. The molecule has 0 saturated carbocycles. The van der Waals surface area contributed by atoms with Gasteiger partial charge in [-0.2, -0.15) is 13.2 Å². The number of hydrogen-bond acceptors (Lipinski definition) is 4. The second-order valence-corrected chi connectivity index (χ2v) is 8.60. The van der Waals surface area contributed by atoms with Gasteiger partial charge in [0.05, 0.1) is 16.9 Å². The van der Waals surface area contributed by atoms with Gasteiger partial charge >= 0.3 is 6.18 Å². The van der Waals surface area contributed by atoms with Crippen LogP contribution in [0.15, 0.2) is 48.5 Å². The molecule has 1 aromatic heterocycles. The highest BCUT2D eigenvalue weighted by Gasteiger charge is 2.30. The largest absolute Gasteiger partial charge is 0.416 e. The third kappa shape index (κ3) is 5.63. The number of carbonyl (C=O) groups excluding carboxylic acids is 1. The molecule has 1 heterocycles. The molecule has 0 aliphatic heterocycles. The van der Waals surface area contributed by atoms with Crippen LogP contribution >= 0.6 is 0 Å². The van der Waals surface area contributed by atoms with Crippen LogP contribution in [0.1, 0.15) is 52.3 Å². The first-order valence-electron chi connectivity index (χ1n) is 11.1. The zero-order chi connectivity index (χ0) is 25.0.